The van der Waals surface area contributed by atoms with Crippen LogP contribution in [0.2, 0.25) is 0 Å². The van der Waals surface area contributed by atoms with Crippen LogP contribution in [-0.4, -0.2) is 22.7 Å². The third kappa shape index (κ3) is 2.81. The number of phenols is 1. The molecule has 102 valence electrons. The first-order valence-electron chi connectivity index (χ1n) is 6.21. The number of nitrogens with zero attached hydrogens (tertiary/aromatic N) is 1. The van der Waals surface area contributed by atoms with Gasteiger partial charge in [-0.1, -0.05) is 12.1 Å². The standard InChI is InChI=1S/C15H14N2O3/c1-2-20-15(19)14-13(11(8-16)9-17-14)7-10-3-5-12(18)6-4-10/h3-6,9,17-18H,2,7H2,1H3. The van der Waals surface area contributed by atoms with Crippen molar-refractivity contribution in [3.8, 4) is 11.8 Å². The average Bonchev–Trinajstić information content (AvgIpc) is 2.84. The van der Waals surface area contributed by atoms with Gasteiger partial charge in [0.05, 0.1) is 12.2 Å². The van der Waals surface area contributed by atoms with E-state index in [1.54, 1.807) is 31.2 Å². The molecule has 5 nitrogen and oxygen atoms in total. The fourth-order valence-corrected chi connectivity index (χ4v) is 1.94. The van der Waals surface area contributed by atoms with Crippen LogP contribution in [0.15, 0.2) is 30.5 Å². The fourth-order valence-electron chi connectivity index (χ4n) is 1.94. The third-order valence-electron chi connectivity index (χ3n) is 2.90. The van der Waals surface area contributed by atoms with Crippen LogP contribution in [0, 0.1) is 11.3 Å². The number of carbonyl (C=O) groups excluding carboxylic acids is 1. The summed E-state index contributed by atoms with van der Waals surface area (Å²) in [7, 11) is 0. The van der Waals surface area contributed by atoms with E-state index in [0.717, 1.165) is 5.56 Å². The van der Waals surface area contributed by atoms with E-state index in [9.17, 15) is 9.90 Å². The highest BCUT2D eigenvalue weighted by molar-refractivity contribution is 5.90. The Morgan fingerprint density at radius 2 is 2.10 bits per heavy atom. The molecule has 0 radical (unpaired) electrons. The van der Waals surface area contributed by atoms with Crippen molar-refractivity contribution in [1.82, 2.24) is 4.98 Å². The molecule has 2 rings (SSSR count). The number of esters is 1. The molecule has 1 aromatic carbocycles. The fraction of sp³-hybridized carbons (Fsp3) is 0.200. The van der Waals surface area contributed by atoms with E-state index in [4.69, 9.17) is 10.00 Å². The molecule has 0 fully saturated rings. The largest absolute Gasteiger partial charge is 0.508 e. The van der Waals surface area contributed by atoms with Crippen LogP contribution in [0.3, 0.4) is 0 Å². The molecule has 2 aromatic rings. The second-order valence-corrected chi connectivity index (χ2v) is 4.23. The van der Waals surface area contributed by atoms with Crippen molar-refractivity contribution >= 4 is 5.97 Å². The number of aromatic nitrogens is 1. The molecule has 0 spiro atoms. The van der Waals surface area contributed by atoms with Gasteiger partial charge in [-0.05, 0) is 24.6 Å². The zero-order valence-corrected chi connectivity index (χ0v) is 11.0. The minimum Gasteiger partial charge on any atom is -0.508 e. The lowest BCUT2D eigenvalue weighted by Gasteiger charge is -2.05. The maximum absolute atomic E-state index is 11.8. The second kappa shape index (κ2) is 5.93. The molecule has 0 bridgehead atoms. The summed E-state index contributed by atoms with van der Waals surface area (Å²) < 4.78 is 4.96. The van der Waals surface area contributed by atoms with Gasteiger partial charge in [0.2, 0.25) is 0 Å². The van der Waals surface area contributed by atoms with Crippen LogP contribution < -0.4 is 0 Å². The highest BCUT2D eigenvalue weighted by Crippen LogP contribution is 2.20. The molecule has 20 heavy (non-hydrogen) atoms. The summed E-state index contributed by atoms with van der Waals surface area (Å²) in [6.45, 7) is 2.00. The number of nitriles is 1. The summed E-state index contributed by atoms with van der Waals surface area (Å²) in [4.78, 5) is 14.6. The first-order chi connectivity index (χ1) is 9.65. The molecule has 1 aromatic heterocycles. The SMILES string of the molecule is CCOC(=O)c1[nH]cc(C#N)c1Cc1ccc(O)cc1. The van der Waals surface area contributed by atoms with Gasteiger partial charge >= 0.3 is 5.97 Å². The lowest BCUT2D eigenvalue weighted by atomic mass is 10.0. The molecule has 0 aliphatic heterocycles. The predicted octanol–water partition coefficient (Wildman–Crippen LogP) is 2.36. The number of phenolic OH excluding ortho intramolecular Hbond substituents is 1. The van der Waals surface area contributed by atoms with Crippen molar-refractivity contribution in [3.05, 3.63) is 52.8 Å². The number of H-pyrrole nitrogens is 1. The summed E-state index contributed by atoms with van der Waals surface area (Å²) in [5.74, 6) is -0.295. The number of carbonyl (C=O) groups is 1. The van der Waals surface area contributed by atoms with E-state index in [1.807, 2.05) is 0 Å². The molecule has 0 amide bonds. The van der Waals surface area contributed by atoms with E-state index in [0.29, 0.717) is 23.2 Å². The van der Waals surface area contributed by atoms with Gasteiger partial charge in [0.25, 0.3) is 0 Å². The Morgan fingerprint density at radius 3 is 2.70 bits per heavy atom. The molecule has 1 heterocycles. The minimum absolute atomic E-state index is 0.175. The maximum Gasteiger partial charge on any atom is 0.355 e. The zero-order chi connectivity index (χ0) is 14.5. The van der Waals surface area contributed by atoms with Gasteiger partial charge in [-0.3, -0.25) is 0 Å². The summed E-state index contributed by atoms with van der Waals surface area (Å²) in [5.41, 5.74) is 2.22. The van der Waals surface area contributed by atoms with Crippen molar-refractivity contribution < 1.29 is 14.6 Å². The Hall–Kier alpha value is -2.74. The van der Waals surface area contributed by atoms with Gasteiger partial charge in [0.15, 0.2) is 0 Å². The Bertz CT molecular complexity index is 651. The summed E-state index contributed by atoms with van der Waals surface area (Å²) in [5, 5.41) is 18.4. The molecule has 0 aliphatic carbocycles. The molecule has 0 aliphatic rings. The van der Waals surface area contributed by atoms with Crippen LogP contribution >= 0.6 is 0 Å². The Kier molecular flexibility index (Phi) is 4.06. The van der Waals surface area contributed by atoms with Gasteiger partial charge in [-0.15, -0.1) is 0 Å². The first-order valence-corrected chi connectivity index (χ1v) is 6.21. The molecule has 0 atom stereocenters. The van der Waals surface area contributed by atoms with Crippen molar-refractivity contribution in [2.75, 3.05) is 6.61 Å². The Labute approximate surface area is 116 Å². The van der Waals surface area contributed by atoms with Gasteiger partial charge in [0.1, 0.15) is 17.5 Å². The molecule has 0 saturated carbocycles. The number of nitrogens with one attached hydrogen (secondary N) is 1. The molecule has 0 unspecified atom stereocenters. The topological polar surface area (TPSA) is 86.1 Å². The third-order valence-corrected chi connectivity index (χ3v) is 2.90. The van der Waals surface area contributed by atoms with Crippen LogP contribution in [0.1, 0.15) is 34.1 Å². The van der Waals surface area contributed by atoms with Crippen molar-refractivity contribution in [2.24, 2.45) is 0 Å². The van der Waals surface area contributed by atoms with E-state index >= 15 is 0 Å². The Morgan fingerprint density at radius 1 is 1.40 bits per heavy atom. The van der Waals surface area contributed by atoms with E-state index in [1.165, 1.54) is 6.20 Å². The van der Waals surface area contributed by atoms with Crippen LogP contribution in [0.25, 0.3) is 0 Å². The number of benzene rings is 1. The normalized spacial score (nSPS) is 10.0. The van der Waals surface area contributed by atoms with Gasteiger partial charge in [0, 0.05) is 18.2 Å². The van der Waals surface area contributed by atoms with Crippen LogP contribution in [0.4, 0.5) is 0 Å². The number of aromatic amines is 1. The minimum atomic E-state index is -0.470. The number of hydrogen-bond donors (Lipinski definition) is 2. The number of rotatable bonds is 4. The highest BCUT2D eigenvalue weighted by Gasteiger charge is 2.18. The summed E-state index contributed by atoms with van der Waals surface area (Å²) in [6.07, 6.45) is 1.92. The maximum atomic E-state index is 11.8. The predicted molar refractivity (Wildman–Crippen MR) is 72.4 cm³/mol. The number of aromatic hydroxyl groups is 1. The van der Waals surface area contributed by atoms with Crippen LogP contribution in [0.5, 0.6) is 5.75 Å². The monoisotopic (exact) mass is 270 g/mol. The molecular formula is C15H14N2O3. The molecule has 2 N–H and O–H groups in total. The van der Waals surface area contributed by atoms with E-state index in [-0.39, 0.29) is 12.4 Å². The van der Waals surface area contributed by atoms with E-state index in [2.05, 4.69) is 11.1 Å². The van der Waals surface area contributed by atoms with Gasteiger partial charge in [-0.2, -0.15) is 5.26 Å². The summed E-state index contributed by atoms with van der Waals surface area (Å²) in [6, 6.07) is 8.69. The highest BCUT2D eigenvalue weighted by atomic mass is 16.5. The smallest absolute Gasteiger partial charge is 0.355 e. The van der Waals surface area contributed by atoms with E-state index < -0.39 is 5.97 Å². The Balaban J connectivity index is 2.34. The van der Waals surface area contributed by atoms with Crippen molar-refractivity contribution in [1.29, 1.82) is 5.26 Å². The average molecular weight is 270 g/mol. The van der Waals surface area contributed by atoms with Crippen molar-refractivity contribution in [3.63, 3.8) is 0 Å². The van der Waals surface area contributed by atoms with Gasteiger partial charge in [-0.25, -0.2) is 4.79 Å². The van der Waals surface area contributed by atoms with Crippen LogP contribution in [-0.2, 0) is 11.2 Å². The second-order valence-electron chi connectivity index (χ2n) is 4.23. The molecule has 0 saturated heterocycles. The quantitative estimate of drug-likeness (QED) is 0.835. The van der Waals surface area contributed by atoms with Gasteiger partial charge < -0.3 is 14.8 Å². The van der Waals surface area contributed by atoms with Crippen molar-refractivity contribution in [2.45, 2.75) is 13.3 Å². The lowest BCUT2D eigenvalue weighted by molar-refractivity contribution is 0.0519. The lowest BCUT2D eigenvalue weighted by Crippen LogP contribution is -2.08. The number of ether oxygens (including phenoxy) is 1. The summed E-state index contributed by atoms with van der Waals surface area (Å²) >= 11 is 0. The first kappa shape index (κ1) is 13.7. The molecule has 5 heteroatoms. The number of hydrogen-bond acceptors (Lipinski definition) is 4. The zero-order valence-electron chi connectivity index (χ0n) is 11.0. The molecular weight excluding hydrogens is 256 g/mol.